The zero-order valence-corrected chi connectivity index (χ0v) is 21.0. The lowest BCUT2D eigenvalue weighted by molar-refractivity contribution is -0.150. The normalized spacial score (nSPS) is 26.3. The summed E-state index contributed by atoms with van der Waals surface area (Å²) in [6, 6.07) is -3.01. The van der Waals surface area contributed by atoms with Gasteiger partial charge in [0.2, 0.25) is 11.8 Å². The molecule has 0 radical (unpaired) electrons. The summed E-state index contributed by atoms with van der Waals surface area (Å²) >= 11 is 0. The van der Waals surface area contributed by atoms with Gasteiger partial charge in [0.15, 0.2) is 11.6 Å². The van der Waals surface area contributed by atoms with Crippen molar-refractivity contribution in [3.05, 3.63) is 0 Å². The smallest absolute Gasteiger partial charge is 0.246 e. The minimum absolute atomic E-state index is 0.0310. The topological polar surface area (TPSA) is 179 Å². The van der Waals surface area contributed by atoms with Crippen LogP contribution in [0.1, 0.15) is 78.6 Å². The van der Waals surface area contributed by atoms with Gasteiger partial charge in [-0.25, -0.2) is 0 Å². The number of hydrogen-bond acceptors (Lipinski definition) is 8. The van der Waals surface area contributed by atoms with E-state index in [1.165, 1.54) is 0 Å². The third-order valence-corrected chi connectivity index (χ3v) is 7.53. The maximum Gasteiger partial charge on any atom is 0.246 e. The zero-order chi connectivity index (χ0) is 25.6. The largest absolute Gasteiger partial charge is 0.329 e. The average Bonchev–Trinajstić information content (AvgIpc) is 3.44. The molecule has 2 heterocycles. The summed E-state index contributed by atoms with van der Waals surface area (Å²) in [7, 11) is 0. The van der Waals surface area contributed by atoms with E-state index in [1.807, 2.05) is 0 Å². The van der Waals surface area contributed by atoms with Gasteiger partial charge in [0, 0.05) is 31.6 Å². The number of nitrogens with two attached hydrogens (primary N) is 4. The van der Waals surface area contributed by atoms with Gasteiger partial charge in [0.05, 0.1) is 12.1 Å². The Hall–Kier alpha value is -1.88. The molecule has 2 aliphatic heterocycles. The quantitative estimate of drug-likeness (QED) is 0.277. The molecule has 8 N–H and O–H groups in total. The van der Waals surface area contributed by atoms with Crippen molar-refractivity contribution in [2.75, 3.05) is 13.1 Å². The van der Waals surface area contributed by atoms with Crippen LogP contribution in [0.4, 0.5) is 0 Å². The molecule has 0 saturated carbocycles. The molecule has 2 rings (SSSR count). The van der Waals surface area contributed by atoms with Gasteiger partial charge in [0.1, 0.15) is 11.6 Å². The maximum atomic E-state index is 13.6. The number of amides is 2. The Kier molecular flexibility index (Phi) is 10.2. The van der Waals surface area contributed by atoms with Gasteiger partial charge >= 0.3 is 0 Å². The third-order valence-electron chi connectivity index (χ3n) is 7.53. The van der Waals surface area contributed by atoms with E-state index in [2.05, 4.69) is 0 Å². The molecule has 2 saturated heterocycles. The molecular formula is C24H44N6O4. The van der Waals surface area contributed by atoms with E-state index >= 15 is 0 Å². The Labute approximate surface area is 203 Å². The lowest BCUT2D eigenvalue weighted by Gasteiger charge is -2.40. The summed E-state index contributed by atoms with van der Waals surface area (Å²) in [5.41, 5.74) is 22.4. The molecule has 6 atom stereocenters. The highest BCUT2D eigenvalue weighted by atomic mass is 16.2. The van der Waals surface area contributed by atoms with Gasteiger partial charge in [-0.05, 0) is 59.3 Å². The molecule has 194 valence electrons. The SMILES string of the molecule is CC(=O)C1(CCCCCC(=O)C(N)C(C)N)CCCN1C(=O)C1CCCN1C(=O)C(N)C(C)N. The molecule has 0 aliphatic carbocycles. The number of carbonyl (C=O) groups excluding carboxylic acids is 4. The van der Waals surface area contributed by atoms with Crippen LogP contribution in [0.15, 0.2) is 0 Å². The Balaban J connectivity index is 2.03. The van der Waals surface area contributed by atoms with Crippen LogP contribution in [0.25, 0.3) is 0 Å². The van der Waals surface area contributed by atoms with E-state index in [4.69, 9.17) is 22.9 Å². The first-order valence-electron chi connectivity index (χ1n) is 12.6. The highest BCUT2D eigenvalue weighted by molar-refractivity contribution is 5.96. The van der Waals surface area contributed by atoms with E-state index in [9.17, 15) is 19.2 Å². The summed E-state index contributed by atoms with van der Waals surface area (Å²) in [6.07, 6.45) is 5.67. The molecule has 0 aromatic heterocycles. The van der Waals surface area contributed by atoms with Crippen molar-refractivity contribution in [3.8, 4) is 0 Å². The van der Waals surface area contributed by atoms with Gasteiger partial charge in [-0.15, -0.1) is 0 Å². The van der Waals surface area contributed by atoms with Crippen LogP contribution in [0.5, 0.6) is 0 Å². The number of unbranched alkanes of at least 4 members (excludes halogenated alkanes) is 2. The van der Waals surface area contributed by atoms with Crippen LogP contribution in [-0.2, 0) is 19.2 Å². The highest BCUT2D eigenvalue weighted by Gasteiger charge is 2.50. The van der Waals surface area contributed by atoms with Gasteiger partial charge in [-0.3, -0.25) is 19.2 Å². The predicted octanol–water partition coefficient (Wildman–Crippen LogP) is -0.204. The number of rotatable bonds is 12. The first-order chi connectivity index (χ1) is 15.9. The van der Waals surface area contributed by atoms with Crippen molar-refractivity contribution in [3.63, 3.8) is 0 Å². The predicted molar refractivity (Wildman–Crippen MR) is 130 cm³/mol. The Morgan fingerprint density at radius 1 is 0.912 bits per heavy atom. The molecule has 6 unspecified atom stereocenters. The van der Waals surface area contributed by atoms with Crippen LogP contribution < -0.4 is 22.9 Å². The van der Waals surface area contributed by atoms with E-state index in [0.29, 0.717) is 58.0 Å². The average molecular weight is 481 g/mol. The minimum Gasteiger partial charge on any atom is -0.329 e. The fourth-order valence-electron chi connectivity index (χ4n) is 5.24. The Morgan fingerprint density at radius 2 is 1.56 bits per heavy atom. The number of Topliss-reactive ketones (excluding diaryl/α,β-unsaturated/α-hetero) is 2. The highest BCUT2D eigenvalue weighted by Crippen LogP contribution is 2.37. The molecule has 0 aromatic carbocycles. The lowest BCUT2D eigenvalue weighted by Crippen LogP contribution is -2.60. The number of ketones is 2. The molecular weight excluding hydrogens is 436 g/mol. The monoisotopic (exact) mass is 480 g/mol. The number of nitrogens with zero attached hydrogens (tertiary/aromatic N) is 2. The molecule has 10 heteroatoms. The number of carbonyl (C=O) groups is 4. The standard InChI is InChI=1S/C24H44N6O4/c1-15(25)20(27)19(32)10-5-4-6-11-24(17(3)31)12-8-14-30(24)22(33)18-9-7-13-29(18)23(34)21(28)16(2)26/h15-16,18,20-21H,4-14,25-28H2,1-3H3. The second kappa shape index (κ2) is 12.2. The van der Waals surface area contributed by atoms with Gasteiger partial charge < -0.3 is 32.7 Å². The zero-order valence-electron chi connectivity index (χ0n) is 21.0. The van der Waals surface area contributed by atoms with E-state index in [1.54, 1.807) is 30.6 Å². The van der Waals surface area contributed by atoms with Crippen molar-refractivity contribution in [2.45, 2.75) is 114 Å². The summed E-state index contributed by atoms with van der Waals surface area (Å²) in [5.74, 6) is -0.567. The van der Waals surface area contributed by atoms with Crippen LogP contribution in [0, 0.1) is 0 Å². The van der Waals surface area contributed by atoms with Crippen molar-refractivity contribution in [1.82, 2.24) is 9.80 Å². The maximum absolute atomic E-state index is 13.6. The molecule has 2 amide bonds. The van der Waals surface area contributed by atoms with Crippen LogP contribution in [0.3, 0.4) is 0 Å². The first kappa shape index (κ1) is 28.4. The first-order valence-corrected chi connectivity index (χ1v) is 12.6. The van der Waals surface area contributed by atoms with E-state index < -0.39 is 29.7 Å². The summed E-state index contributed by atoms with van der Waals surface area (Å²) in [4.78, 5) is 54.7. The summed E-state index contributed by atoms with van der Waals surface area (Å²) in [6.45, 7) is 5.90. The molecule has 2 aliphatic rings. The van der Waals surface area contributed by atoms with Crippen LogP contribution in [-0.4, -0.2) is 82.0 Å². The second-order valence-electron chi connectivity index (χ2n) is 10.2. The van der Waals surface area contributed by atoms with Gasteiger partial charge in [0.25, 0.3) is 0 Å². The number of hydrogen-bond donors (Lipinski definition) is 4. The minimum atomic E-state index is -0.859. The fraction of sp³-hybridized carbons (Fsp3) is 0.833. The fourth-order valence-corrected chi connectivity index (χ4v) is 5.24. The van der Waals surface area contributed by atoms with Crippen molar-refractivity contribution in [2.24, 2.45) is 22.9 Å². The van der Waals surface area contributed by atoms with Gasteiger partial charge in [-0.2, -0.15) is 0 Å². The Morgan fingerprint density at radius 3 is 2.15 bits per heavy atom. The molecule has 0 aromatic rings. The van der Waals surface area contributed by atoms with E-state index in [0.717, 1.165) is 12.8 Å². The van der Waals surface area contributed by atoms with Crippen LogP contribution in [0.2, 0.25) is 0 Å². The van der Waals surface area contributed by atoms with Crippen molar-refractivity contribution < 1.29 is 19.2 Å². The van der Waals surface area contributed by atoms with Crippen LogP contribution >= 0.6 is 0 Å². The van der Waals surface area contributed by atoms with Crippen molar-refractivity contribution in [1.29, 1.82) is 0 Å². The van der Waals surface area contributed by atoms with E-state index in [-0.39, 0.29) is 29.4 Å². The lowest BCUT2D eigenvalue weighted by atomic mass is 9.85. The third kappa shape index (κ3) is 6.21. The number of likely N-dealkylation sites (tertiary alicyclic amines) is 2. The molecule has 34 heavy (non-hydrogen) atoms. The van der Waals surface area contributed by atoms with Gasteiger partial charge in [-0.1, -0.05) is 12.8 Å². The molecule has 0 spiro atoms. The van der Waals surface area contributed by atoms with Crippen molar-refractivity contribution >= 4 is 23.4 Å². The summed E-state index contributed by atoms with van der Waals surface area (Å²) in [5, 5.41) is 0. The molecule has 0 bridgehead atoms. The molecule has 2 fully saturated rings. The Bertz CT molecular complexity index is 758. The molecule has 10 nitrogen and oxygen atoms in total. The summed E-state index contributed by atoms with van der Waals surface area (Å²) < 4.78 is 0. The second-order valence-corrected chi connectivity index (χ2v) is 10.2.